The second kappa shape index (κ2) is 4.22. The average molecular weight is 188 g/mol. The Labute approximate surface area is 74.7 Å². The number of likely N-dealkylation sites (N-methyl/N-ethyl adjacent to an activating group) is 2. The first-order valence-corrected chi connectivity index (χ1v) is 4.43. The van der Waals surface area contributed by atoms with Crippen LogP contribution in [0.2, 0.25) is 0 Å². The molecule has 0 spiro atoms. The Balaban J connectivity index is 2.59. The van der Waals surface area contributed by atoms with Gasteiger partial charge in [0.2, 0.25) is 5.82 Å². The van der Waals surface area contributed by atoms with Gasteiger partial charge in [-0.3, -0.25) is 9.17 Å². The van der Waals surface area contributed by atoms with Crippen LogP contribution < -0.4 is 15.8 Å². The summed E-state index contributed by atoms with van der Waals surface area (Å²) < 4.78 is 6.48. The Kier molecular flexibility index (Phi) is 3.24. The molecule has 1 aromatic rings. The third-order valence-corrected chi connectivity index (χ3v) is 2.07. The van der Waals surface area contributed by atoms with Crippen LogP contribution in [0, 0.1) is 0 Å². The number of anilines is 1. The molecule has 0 unspecified atom stereocenters. The third-order valence-electron chi connectivity index (χ3n) is 1.53. The minimum absolute atomic E-state index is 0.112. The van der Waals surface area contributed by atoms with Crippen LogP contribution in [0.25, 0.3) is 0 Å². The maximum atomic E-state index is 11.1. The van der Waals surface area contributed by atoms with Crippen molar-refractivity contribution in [3.8, 4) is 0 Å². The van der Waals surface area contributed by atoms with Gasteiger partial charge in [0.15, 0.2) is 0 Å². The van der Waals surface area contributed by atoms with Crippen LogP contribution in [0.15, 0.2) is 4.79 Å². The number of aromatic amines is 1. The largest absolute Gasteiger partial charge is 0.353 e. The Hall–Kier alpha value is -0.880. The molecule has 0 atom stereocenters. The van der Waals surface area contributed by atoms with Gasteiger partial charge < -0.3 is 10.2 Å². The lowest BCUT2D eigenvalue weighted by Crippen LogP contribution is -2.30. The number of hydrogen-bond donors (Lipinski definition) is 2. The van der Waals surface area contributed by atoms with Gasteiger partial charge in [-0.2, -0.15) is 4.37 Å². The molecule has 6 heteroatoms. The van der Waals surface area contributed by atoms with E-state index in [1.807, 2.05) is 19.0 Å². The van der Waals surface area contributed by atoms with E-state index in [4.69, 9.17) is 0 Å². The summed E-state index contributed by atoms with van der Waals surface area (Å²) in [6.45, 7) is 1.62. The average Bonchev–Trinajstić information content (AvgIpc) is 2.47. The summed E-state index contributed by atoms with van der Waals surface area (Å²) in [6.07, 6.45) is 0. The Bertz CT molecular complexity index is 281. The standard InChI is InChI=1S/C6H12N4OS/c1-7-3-4-10(2)5-6(11)9-12-8-5/h7H,3-4H2,1-2H3,(H,9,11). The molecule has 0 aromatic carbocycles. The predicted octanol–water partition coefficient (Wildman–Crippen LogP) is -0.513. The van der Waals surface area contributed by atoms with E-state index in [9.17, 15) is 4.79 Å². The number of nitrogens with one attached hydrogen (secondary N) is 2. The molecule has 1 aromatic heterocycles. The smallest absolute Gasteiger partial charge is 0.302 e. The van der Waals surface area contributed by atoms with Gasteiger partial charge >= 0.3 is 5.56 Å². The van der Waals surface area contributed by atoms with Crippen LogP contribution in [0.1, 0.15) is 0 Å². The van der Waals surface area contributed by atoms with Crippen LogP contribution in [0.5, 0.6) is 0 Å². The Morgan fingerprint density at radius 2 is 2.50 bits per heavy atom. The molecule has 0 fully saturated rings. The van der Waals surface area contributed by atoms with Crippen LogP contribution >= 0.6 is 11.7 Å². The molecule has 2 N–H and O–H groups in total. The normalized spacial score (nSPS) is 10.2. The quantitative estimate of drug-likeness (QED) is 0.668. The lowest BCUT2D eigenvalue weighted by molar-refractivity contribution is 0.762. The molecule has 12 heavy (non-hydrogen) atoms. The van der Waals surface area contributed by atoms with E-state index < -0.39 is 0 Å². The number of rotatable bonds is 4. The van der Waals surface area contributed by atoms with E-state index in [2.05, 4.69) is 14.1 Å². The minimum Gasteiger partial charge on any atom is -0.353 e. The van der Waals surface area contributed by atoms with Gasteiger partial charge in [-0.25, -0.2) is 0 Å². The number of nitrogens with zero attached hydrogens (tertiary/aromatic N) is 2. The molecule has 1 rings (SSSR count). The molecule has 0 aliphatic rings. The third kappa shape index (κ3) is 2.05. The Morgan fingerprint density at radius 3 is 3.00 bits per heavy atom. The second-order valence-corrected chi connectivity index (χ2v) is 3.03. The molecular formula is C6H12N4OS. The molecule has 0 saturated heterocycles. The SMILES string of the molecule is CNCCN(C)c1ns[nH]c1=O. The number of H-pyrrole nitrogens is 1. The summed E-state index contributed by atoms with van der Waals surface area (Å²) in [4.78, 5) is 12.9. The fourth-order valence-corrected chi connectivity index (χ4v) is 1.35. The van der Waals surface area contributed by atoms with Gasteiger partial charge in [0.25, 0.3) is 0 Å². The highest BCUT2D eigenvalue weighted by molar-refractivity contribution is 6.99. The lowest BCUT2D eigenvalue weighted by atomic mass is 10.5. The van der Waals surface area contributed by atoms with Crippen LogP contribution in [0.3, 0.4) is 0 Å². The molecule has 0 radical (unpaired) electrons. The highest BCUT2D eigenvalue weighted by atomic mass is 32.1. The summed E-state index contributed by atoms with van der Waals surface area (Å²) >= 11 is 1.08. The van der Waals surface area contributed by atoms with Gasteiger partial charge in [-0.1, -0.05) is 0 Å². The lowest BCUT2D eigenvalue weighted by Gasteiger charge is -2.13. The van der Waals surface area contributed by atoms with Crippen molar-refractivity contribution >= 4 is 17.5 Å². The van der Waals surface area contributed by atoms with Crippen molar-refractivity contribution in [2.24, 2.45) is 0 Å². The van der Waals surface area contributed by atoms with Gasteiger partial charge in [0, 0.05) is 31.9 Å². The summed E-state index contributed by atoms with van der Waals surface area (Å²) in [5.41, 5.74) is -0.112. The first-order valence-electron chi connectivity index (χ1n) is 3.66. The molecule has 5 nitrogen and oxygen atoms in total. The molecule has 0 bridgehead atoms. The molecular weight excluding hydrogens is 176 g/mol. The first-order chi connectivity index (χ1) is 5.75. The zero-order valence-corrected chi connectivity index (χ0v) is 7.94. The van der Waals surface area contributed by atoms with E-state index in [1.165, 1.54) is 0 Å². The van der Waals surface area contributed by atoms with Crippen LogP contribution in [0.4, 0.5) is 5.82 Å². The first kappa shape index (κ1) is 9.21. The van der Waals surface area contributed by atoms with Crippen molar-refractivity contribution in [1.82, 2.24) is 14.1 Å². The predicted molar refractivity (Wildman–Crippen MR) is 49.9 cm³/mol. The zero-order valence-electron chi connectivity index (χ0n) is 7.13. The van der Waals surface area contributed by atoms with Gasteiger partial charge in [0.05, 0.1) is 0 Å². The molecule has 0 saturated carbocycles. The molecule has 0 aliphatic carbocycles. The van der Waals surface area contributed by atoms with E-state index in [0.29, 0.717) is 5.82 Å². The summed E-state index contributed by atoms with van der Waals surface area (Å²) in [5.74, 6) is 0.496. The van der Waals surface area contributed by atoms with Gasteiger partial charge in [0.1, 0.15) is 0 Å². The second-order valence-electron chi connectivity index (χ2n) is 2.46. The Morgan fingerprint density at radius 1 is 1.75 bits per heavy atom. The number of aromatic nitrogens is 2. The van der Waals surface area contributed by atoms with Gasteiger partial charge in [-0.05, 0) is 7.05 Å². The van der Waals surface area contributed by atoms with Crippen LogP contribution in [-0.4, -0.2) is 35.9 Å². The molecule has 0 aliphatic heterocycles. The summed E-state index contributed by atoms with van der Waals surface area (Å²) in [7, 11) is 3.72. The molecule has 68 valence electrons. The highest BCUT2D eigenvalue weighted by Gasteiger charge is 2.06. The molecule has 1 heterocycles. The van der Waals surface area contributed by atoms with Crippen molar-refractivity contribution in [2.45, 2.75) is 0 Å². The van der Waals surface area contributed by atoms with E-state index in [1.54, 1.807) is 0 Å². The van der Waals surface area contributed by atoms with Crippen molar-refractivity contribution in [1.29, 1.82) is 0 Å². The summed E-state index contributed by atoms with van der Waals surface area (Å²) in [5, 5.41) is 3.00. The zero-order chi connectivity index (χ0) is 8.97. The monoisotopic (exact) mass is 188 g/mol. The van der Waals surface area contributed by atoms with E-state index >= 15 is 0 Å². The maximum absolute atomic E-state index is 11.1. The van der Waals surface area contributed by atoms with E-state index in [-0.39, 0.29) is 5.56 Å². The topological polar surface area (TPSA) is 61.0 Å². The van der Waals surface area contributed by atoms with E-state index in [0.717, 1.165) is 24.8 Å². The minimum atomic E-state index is -0.112. The maximum Gasteiger partial charge on any atom is 0.302 e. The van der Waals surface area contributed by atoms with Crippen molar-refractivity contribution < 1.29 is 0 Å². The fraction of sp³-hybridized carbons (Fsp3) is 0.667. The number of hydrogen-bond acceptors (Lipinski definition) is 5. The van der Waals surface area contributed by atoms with Crippen molar-refractivity contribution in [3.05, 3.63) is 10.4 Å². The fourth-order valence-electron chi connectivity index (χ4n) is 0.823. The van der Waals surface area contributed by atoms with Crippen molar-refractivity contribution in [3.63, 3.8) is 0 Å². The highest BCUT2D eigenvalue weighted by Crippen LogP contribution is 1.99. The van der Waals surface area contributed by atoms with Crippen LogP contribution in [-0.2, 0) is 0 Å². The molecule has 0 amide bonds. The van der Waals surface area contributed by atoms with Gasteiger partial charge in [-0.15, -0.1) is 0 Å². The van der Waals surface area contributed by atoms with Crippen molar-refractivity contribution in [2.75, 3.05) is 32.1 Å². The summed E-state index contributed by atoms with van der Waals surface area (Å²) in [6, 6.07) is 0.